The van der Waals surface area contributed by atoms with Crippen LogP contribution in [0.15, 0.2) is 49.1 Å². The molecule has 2 heterocycles. The molecule has 0 atom stereocenters. The Morgan fingerprint density at radius 3 is 1.36 bits per heavy atom. The van der Waals surface area contributed by atoms with Gasteiger partial charge in [0.25, 0.3) is 0 Å². The summed E-state index contributed by atoms with van der Waals surface area (Å²) in [6.07, 6.45) is 11.2. The molecule has 0 aromatic carbocycles. The normalized spacial score (nSPS) is 10.6. The third kappa shape index (κ3) is 2.26. The zero-order valence-electron chi connectivity index (χ0n) is 7.67. The second-order valence-electron chi connectivity index (χ2n) is 2.89. The Hall–Kier alpha value is -1.96. The van der Waals surface area contributed by atoms with Crippen molar-refractivity contribution in [2.24, 2.45) is 0 Å². The molecule has 0 unspecified atom stereocenters. The van der Waals surface area contributed by atoms with Crippen molar-refractivity contribution in [3.63, 3.8) is 0 Å². The Labute approximate surface area is 83.0 Å². The lowest BCUT2D eigenvalue weighted by molar-refractivity contribution is 1.32. The summed E-state index contributed by atoms with van der Waals surface area (Å²) in [4.78, 5) is 7.91. The van der Waals surface area contributed by atoms with Crippen molar-refractivity contribution >= 4 is 12.2 Å². The van der Waals surface area contributed by atoms with E-state index < -0.39 is 0 Å². The van der Waals surface area contributed by atoms with Gasteiger partial charge in [0.05, 0.1) is 0 Å². The maximum absolute atomic E-state index is 3.96. The number of hydrogen-bond donors (Lipinski definition) is 0. The largest absolute Gasteiger partial charge is 0.265 e. The molecule has 2 rings (SSSR count). The van der Waals surface area contributed by atoms with Crippen molar-refractivity contribution in [2.45, 2.75) is 0 Å². The predicted molar refractivity (Wildman–Crippen MR) is 57.4 cm³/mol. The van der Waals surface area contributed by atoms with Gasteiger partial charge in [-0.3, -0.25) is 9.97 Å². The van der Waals surface area contributed by atoms with E-state index in [1.165, 1.54) is 0 Å². The first-order valence-corrected chi connectivity index (χ1v) is 4.43. The number of aromatic nitrogens is 2. The highest BCUT2D eigenvalue weighted by molar-refractivity contribution is 5.68. The molecular formula is C12H10N2. The van der Waals surface area contributed by atoms with E-state index in [0.29, 0.717) is 0 Å². The first-order chi connectivity index (χ1) is 6.95. The Morgan fingerprint density at radius 1 is 0.643 bits per heavy atom. The molecule has 0 radical (unpaired) electrons. The van der Waals surface area contributed by atoms with Crippen LogP contribution in [0.4, 0.5) is 0 Å². The fourth-order valence-corrected chi connectivity index (χ4v) is 1.14. The summed E-state index contributed by atoms with van der Waals surface area (Å²) in [5.41, 5.74) is 2.30. The Bertz CT molecular complexity index is 365. The van der Waals surface area contributed by atoms with Crippen LogP contribution in [0.25, 0.3) is 12.2 Å². The number of hydrogen-bond acceptors (Lipinski definition) is 2. The molecular weight excluding hydrogens is 172 g/mol. The lowest BCUT2D eigenvalue weighted by Gasteiger charge is -1.92. The first-order valence-electron chi connectivity index (χ1n) is 4.43. The molecule has 2 heteroatoms. The van der Waals surface area contributed by atoms with E-state index >= 15 is 0 Å². The Morgan fingerprint density at radius 2 is 1.00 bits per heavy atom. The van der Waals surface area contributed by atoms with Gasteiger partial charge < -0.3 is 0 Å². The molecule has 0 fully saturated rings. The van der Waals surface area contributed by atoms with Gasteiger partial charge in [-0.25, -0.2) is 0 Å². The summed E-state index contributed by atoms with van der Waals surface area (Å²) in [6, 6.07) is 7.88. The van der Waals surface area contributed by atoms with Crippen molar-refractivity contribution in [1.29, 1.82) is 0 Å². The van der Waals surface area contributed by atoms with Crippen molar-refractivity contribution in [1.82, 2.24) is 9.97 Å². The van der Waals surface area contributed by atoms with Crippen LogP contribution in [-0.4, -0.2) is 9.97 Å². The van der Waals surface area contributed by atoms with Crippen molar-refractivity contribution in [2.75, 3.05) is 0 Å². The minimum atomic E-state index is 1.15. The summed E-state index contributed by atoms with van der Waals surface area (Å²) in [5, 5.41) is 0. The quantitative estimate of drug-likeness (QED) is 0.713. The average molecular weight is 182 g/mol. The van der Waals surface area contributed by atoms with Gasteiger partial charge in [-0.05, 0) is 35.4 Å². The summed E-state index contributed by atoms with van der Waals surface area (Å²) >= 11 is 0. The molecule has 0 bridgehead atoms. The third-order valence-electron chi connectivity index (χ3n) is 1.88. The number of rotatable bonds is 2. The van der Waals surface area contributed by atoms with Gasteiger partial charge in [0, 0.05) is 24.8 Å². The summed E-state index contributed by atoms with van der Waals surface area (Å²) in [6.45, 7) is 0. The topological polar surface area (TPSA) is 25.8 Å². The monoisotopic (exact) mass is 182 g/mol. The minimum absolute atomic E-state index is 1.15. The molecule has 0 saturated heterocycles. The summed E-state index contributed by atoms with van der Waals surface area (Å²) in [7, 11) is 0. The number of nitrogens with zero attached hydrogens (tertiary/aromatic N) is 2. The van der Waals surface area contributed by atoms with Gasteiger partial charge in [-0.2, -0.15) is 0 Å². The second kappa shape index (κ2) is 4.33. The zero-order valence-corrected chi connectivity index (χ0v) is 7.67. The zero-order chi connectivity index (χ0) is 9.64. The van der Waals surface area contributed by atoms with Gasteiger partial charge in [0.15, 0.2) is 0 Å². The van der Waals surface area contributed by atoms with Crippen LogP contribution in [0.1, 0.15) is 11.1 Å². The fourth-order valence-electron chi connectivity index (χ4n) is 1.14. The molecule has 0 N–H and O–H groups in total. The molecule has 2 nitrogen and oxygen atoms in total. The minimum Gasteiger partial charge on any atom is -0.265 e. The SMILES string of the molecule is C(=C\c1ccncc1)/c1ccncc1. The highest BCUT2D eigenvalue weighted by Crippen LogP contribution is 2.05. The van der Waals surface area contributed by atoms with Gasteiger partial charge in [-0.1, -0.05) is 12.2 Å². The maximum Gasteiger partial charge on any atom is 0.0273 e. The van der Waals surface area contributed by atoms with Crippen LogP contribution in [0.5, 0.6) is 0 Å². The smallest absolute Gasteiger partial charge is 0.0273 e. The van der Waals surface area contributed by atoms with E-state index in [4.69, 9.17) is 0 Å². The molecule has 2 aromatic rings. The van der Waals surface area contributed by atoms with E-state index in [1.54, 1.807) is 24.8 Å². The van der Waals surface area contributed by atoms with Crippen LogP contribution in [-0.2, 0) is 0 Å². The number of pyridine rings is 2. The standard InChI is InChI=1S/C12H10N2/c1(11-3-7-13-8-4-11)2-12-5-9-14-10-6-12/h1-10H/b2-1+. The van der Waals surface area contributed by atoms with Gasteiger partial charge in [0.2, 0.25) is 0 Å². The van der Waals surface area contributed by atoms with Crippen molar-refractivity contribution in [3.8, 4) is 0 Å². The van der Waals surface area contributed by atoms with Crippen LogP contribution in [0.2, 0.25) is 0 Å². The lowest BCUT2D eigenvalue weighted by atomic mass is 10.2. The van der Waals surface area contributed by atoms with E-state index in [1.807, 2.05) is 24.3 Å². The van der Waals surface area contributed by atoms with E-state index in [2.05, 4.69) is 22.1 Å². The van der Waals surface area contributed by atoms with Crippen LogP contribution >= 0.6 is 0 Å². The summed E-state index contributed by atoms with van der Waals surface area (Å²) in [5.74, 6) is 0. The Balaban J connectivity index is 2.16. The molecule has 0 amide bonds. The molecule has 0 aliphatic carbocycles. The summed E-state index contributed by atoms with van der Waals surface area (Å²) < 4.78 is 0. The molecule has 0 spiro atoms. The van der Waals surface area contributed by atoms with Gasteiger partial charge in [-0.15, -0.1) is 0 Å². The molecule has 2 aromatic heterocycles. The molecule has 14 heavy (non-hydrogen) atoms. The lowest BCUT2D eigenvalue weighted by Crippen LogP contribution is -1.74. The third-order valence-corrected chi connectivity index (χ3v) is 1.88. The highest BCUT2D eigenvalue weighted by atomic mass is 14.6. The molecule has 68 valence electrons. The predicted octanol–water partition coefficient (Wildman–Crippen LogP) is 2.65. The van der Waals surface area contributed by atoms with Crippen LogP contribution in [0.3, 0.4) is 0 Å². The maximum atomic E-state index is 3.96. The van der Waals surface area contributed by atoms with Crippen LogP contribution in [0, 0.1) is 0 Å². The molecule has 0 aliphatic rings. The van der Waals surface area contributed by atoms with Gasteiger partial charge in [0.1, 0.15) is 0 Å². The van der Waals surface area contributed by atoms with Gasteiger partial charge >= 0.3 is 0 Å². The van der Waals surface area contributed by atoms with Crippen molar-refractivity contribution < 1.29 is 0 Å². The van der Waals surface area contributed by atoms with Crippen LogP contribution < -0.4 is 0 Å². The van der Waals surface area contributed by atoms with Crippen molar-refractivity contribution in [3.05, 3.63) is 60.2 Å². The molecule has 0 aliphatic heterocycles. The average Bonchev–Trinajstić information content (AvgIpc) is 2.29. The Kier molecular flexibility index (Phi) is 2.67. The highest BCUT2D eigenvalue weighted by Gasteiger charge is 1.85. The first kappa shape index (κ1) is 8.63. The second-order valence-corrected chi connectivity index (χ2v) is 2.89. The van der Waals surface area contributed by atoms with E-state index in [-0.39, 0.29) is 0 Å². The van der Waals surface area contributed by atoms with E-state index in [9.17, 15) is 0 Å². The fraction of sp³-hybridized carbons (Fsp3) is 0. The van der Waals surface area contributed by atoms with E-state index in [0.717, 1.165) is 11.1 Å². The molecule has 0 saturated carbocycles.